The van der Waals surface area contributed by atoms with E-state index in [0.717, 1.165) is 11.1 Å². The molecule has 0 aliphatic rings. The van der Waals surface area contributed by atoms with Gasteiger partial charge in [-0.25, -0.2) is 0 Å². The van der Waals surface area contributed by atoms with Crippen LogP contribution in [-0.4, -0.2) is 14.9 Å². The Kier molecular flexibility index (Phi) is 8.47. The van der Waals surface area contributed by atoms with E-state index >= 15 is 0 Å². The Morgan fingerprint density at radius 3 is 2.38 bits per heavy atom. The number of halogens is 1. The molecule has 2 unspecified atom stereocenters. The fourth-order valence-corrected chi connectivity index (χ4v) is 3.25. The van der Waals surface area contributed by atoms with Crippen molar-refractivity contribution in [1.82, 2.24) is 0 Å². The summed E-state index contributed by atoms with van der Waals surface area (Å²) < 4.78 is 12.0. The van der Waals surface area contributed by atoms with Crippen LogP contribution in [0.4, 0.5) is 5.69 Å². The molecule has 0 aliphatic carbocycles. The molecule has 142 valence electrons. The summed E-state index contributed by atoms with van der Waals surface area (Å²) in [7, 11) is -0.976. The van der Waals surface area contributed by atoms with Crippen LogP contribution < -0.4 is 11.1 Å². The van der Waals surface area contributed by atoms with Crippen molar-refractivity contribution in [2.24, 2.45) is 5.73 Å². The monoisotopic (exact) mass is 394 g/mol. The van der Waals surface area contributed by atoms with Crippen LogP contribution in [0.15, 0.2) is 54.6 Å². The molecule has 2 aromatic carbocycles. The number of anilines is 1. The highest BCUT2D eigenvalue weighted by Crippen LogP contribution is 2.19. The lowest BCUT2D eigenvalue weighted by atomic mass is 10.0. The molecule has 0 fully saturated rings. The van der Waals surface area contributed by atoms with E-state index in [9.17, 15) is 9.00 Å². The maximum absolute atomic E-state index is 12.3. The molecule has 2 atom stereocenters. The van der Waals surface area contributed by atoms with Gasteiger partial charge in [0, 0.05) is 39.4 Å². The van der Waals surface area contributed by atoms with Gasteiger partial charge in [-0.1, -0.05) is 42.5 Å². The van der Waals surface area contributed by atoms with E-state index in [1.54, 1.807) is 0 Å². The maximum atomic E-state index is 12.3. The van der Waals surface area contributed by atoms with E-state index in [1.165, 1.54) is 0 Å². The van der Waals surface area contributed by atoms with E-state index in [2.05, 4.69) is 5.32 Å². The predicted octanol–water partition coefficient (Wildman–Crippen LogP) is 4.18. The molecule has 6 heteroatoms. The molecule has 0 bridgehead atoms. The van der Waals surface area contributed by atoms with E-state index in [1.807, 2.05) is 75.4 Å². The van der Waals surface area contributed by atoms with Gasteiger partial charge in [0.1, 0.15) is 0 Å². The van der Waals surface area contributed by atoms with Crippen molar-refractivity contribution in [2.75, 3.05) is 5.32 Å². The molecule has 0 aromatic heterocycles. The van der Waals surface area contributed by atoms with Gasteiger partial charge in [0.05, 0.1) is 0 Å². The van der Waals surface area contributed by atoms with Gasteiger partial charge in [0.25, 0.3) is 0 Å². The van der Waals surface area contributed by atoms with Crippen molar-refractivity contribution in [3.8, 4) is 0 Å². The molecule has 1 amide bonds. The van der Waals surface area contributed by atoms with Crippen LogP contribution in [0.5, 0.6) is 0 Å². The van der Waals surface area contributed by atoms with E-state index in [0.29, 0.717) is 11.4 Å². The molecule has 0 saturated carbocycles. The number of hydrogen-bond donors (Lipinski definition) is 2. The third-order valence-corrected chi connectivity index (χ3v) is 5.79. The molecule has 26 heavy (non-hydrogen) atoms. The average Bonchev–Trinajstić information content (AvgIpc) is 2.55. The summed E-state index contributed by atoms with van der Waals surface area (Å²) in [6.07, 6.45) is 0.210. The Bertz CT molecular complexity index is 745. The van der Waals surface area contributed by atoms with E-state index in [4.69, 9.17) is 5.73 Å². The van der Waals surface area contributed by atoms with Crippen molar-refractivity contribution in [1.29, 1.82) is 0 Å². The van der Waals surface area contributed by atoms with Gasteiger partial charge >= 0.3 is 0 Å². The summed E-state index contributed by atoms with van der Waals surface area (Å²) in [6, 6.07) is 16.7. The zero-order valence-electron chi connectivity index (χ0n) is 15.4. The second kappa shape index (κ2) is 9.86. The third kappa shape index (κ3) is 6.90. The number of amides is 1. The van der Waals surface area contributed by atoms with Crippen LogP contribution in [0, 0.1) is 0 Å². The molecule has 0 heterocycles. The Morgan fingerprint density at radius 1 is 1.12 bits per heavy atom. The summed E-state index contributed by atoms with van der Waals surface area (Å²) in [5.74, 6) is 0.335. The first-order valence-corrected chi connectivity index (χ1v) is 9.65. The minimum absolute atomic E-state index is 0. The van der Waals surface area contributed by atoms with Crippen LogP contribution in [0.3, 0.4) is 0 Å². The first-order valence-electron chi connectivity index (χ1n) is 8.33. The first kappa shape index (κ1) is 22.4. The van der Waals surface area contributed by atoms with Crippen molar-refractivity contribution >= 4 is 34.8 Å². The van der Waals surface area contributed by atoms with Crippen molar-refractivity contribution in [3.05, 3.63) is 65.7 Å². The third-order valence-electron chi connectivity index (χ3n) is 3.82. The number of carbonyl (C=O) groups excluding carboxylic acids is 1. The number of nitrogens with one attached hydrogen (secondary N) is 1. The summed E-state index contributed by atoms with van der Waals surface area (Å²) in [5, 5.41) is 2.88. The average molecular weight is 395 g/mol. The number of rotatable bonds is 6. The Labute approximate surface area is 164 Å². The molecule has 3 N–H and O–H groups in total. The Balaban J connectivity index is 0.00000338. The standard InChI is InChI=1S/C20H26N2O2S.ClH/c1-20(2,3)25(24)14-15-8-7-11-17(12-15)22-19(23)13-18(21)16-9-5-4-6-10-16;/h4-12,18H,13-14,21H2,1-3H3,(H,22,23);1H. The number of nitrogens with two attached hydrogens (primary N) is 1. The van der Waals surface area contributed by atoms with Crippen LogP contribution in [-0.2, 0) is 21.3 Å². The fraction of sp³-hybridized carbons (Fsp3) is 0.350. The second-order valence-corrected chi connectivity index (χ2v) is 9.28. The molecule has 0 spiro atoms. The van der Waals surface area contributed by atoms with Crippen LogP contribution >= 0.6 is 12.4 Å². The van der Waals surface area contributed by atoms with Gasteiger partial charge in [0.2, 0.25) is 5.91 Å². The molecule has 2 rings (SSSR count). The smallest absolute Gasteiger partial charge is 0.226 e. The van der Waals surface area contributed by atoms with Gasteiger partial charge in [-0.15, -0.1) is 12.4 Å². The molecule has 0 aliphatic heterocycles. The predicted molar refractivity (Wildman–Crippen MR) is 112 cm³/mol. The lowest BCUT2D eigenvalue weighted by Crippen LogP contribution is -2.23. The lowest BCUT2D eigenvalue weighted by Gasteiger charge is -2.18. The van der Waals surface area contributed by atoms with E-state index in [-0.39, 0.29) is 35.5 Å². The molecular weight excluding hydrogens is 368 g/mol. The Morgan fingerprint density at radius 2 is 1.77 bits per heavy atom. The van der Waals surface area contributed by atoms with Gasteiger partial charge < -0.3 is 11.1 Å². The minimum Gasteiger partial charge on any atom is -0.326 e. The minimum atomic E-state index is -0.976. The summed E-state index contributed by atoms with van der Waals surface area (Å²) in [4.78, 5) is 12.2. The zero-order valence-corrected chi connectivity index (χ0v) is 17.0. The van der Waals surface area contributed by atoms with Gasteiger partial charge in [-0.3, -0.25) is 9.00 Å². The molecule has 2 aromatic rings. The van der Waals surface area contributed by atoms with Crippen LogP contribution in [0.25, 0.3) is 0 Å². The molecule has 0 saturated heterocycles. The highest BCUT2D eigenvalue weighted by Gasteiger charge is 2.19. The fourth-order valence-electron chi connectivity index (χ4n) is 2.34. The summed E-state index contributed by atoms with van der Waals surface area (Å²) in [6.45, 7) is 5.87. The lowest BCUT2D eigenvalue weighted by molar-refractivity contribution is -0.116. The van der Waals surface area contributed by atoms with Gasteiger partial charge in [-0.2, -0.15) is 0 Å². The molecular formula is C20H27ClN2O2S. The van der Waals surface area contributed by atoms with Crippen LogP contribution in [0.2, 0.25) is 0 Å². The van der Waals surface area contributed by atoms with Crippen LogP contribution in [0.1, 0.15) is 44.4 Å². The second-order valence-electron chi connectivity index (χ2n) is 7.07. The topological polar surface area (TPSA) is 72.2 Å². The number of hydrogen-bond acceptors (Lipinski definition) is 3. The highest BCUT2D eigenvalue weighted by atomic mass is 35.5. The van der Waals surface area contributed by atoms with Crippen molar-refractivity contribution < 1.29 is 9.00 Å². The largest absolute Gasteiger partial charge is 0.326 e. The molecule has 4 nitrogen and oxygen atoms in total. The van der Waals surface area contributed by atoms with Crippen molar-refractivity contribution in [3.63, 3.8) is 0 Å². The SMILES string of the molecule is CC(C)(C)S(=O)Cc1cccc(NC(=O)CC(N)c2ccccc2)c1.Cl. The molecule has 0 radical (unpaired) electrons. The van der Waals surface area contributed by atoms with Gasteiger partial charge in [-0.05, 0) is 44.0 Å². The zero-order chi connectivity index (χ0) is 18.4. The maximum Gasteiger partial charge on any atom is 0.226 e. The van der Waals surface area contributed by atoms with Crippen molar-refractivity contribution in [2.45, 2.75) is 43.7 Å². The quantitative estimate of drug-likeness (QED) is 0.771. The summed E-state index contributed by atoms with van der Waals surface area (Å²) >= 11 is 0. The highest BCUT2D eigenvalue weighted by molar-refractivity contribution is 7.85. The first-order chi connectivity index (χ1) is 11.8. The number of benzene rings is 2. The Hall–Kier alpha value is -1.69. The normalized spacial score (nSPS) is 13.4. The van der Waals surface area contributed by atoms with E-state index < -0.39 is 10.8 Å². The summed E-state index contributed by atoms with van der Waals surface area (Å²) in [5.41, 5.74) is 8.67. The van der Waals surface area contributed by atoms with Gasteiger partial charge in [0.15, 0.2) is 0 Å². The number of carbonyl (C=O) groups is 1.